The normalized spacial score (nSPS) is 11.7. The molecule has 5 heteroatoms. The van der Waals surface area contributed by atoms with E-state index in [4.69, 9.17) is 10.5 Å². The van der Waals surface area contributed by atoms with Gasteiger partial charge in [0.2, 0.25) is 0 Å². The van der Waals surface area contributed by atoms with E-state index in [1.807, 2.05) is 19.1 Å². The summed E-state index contributed by atoms with van der Waals surface area (Å²) in [5.41, 5.74) is 7.28. The Kier molecular flexibility index (Phi) is 5.85. The molecule has 0 aliphatic rings. The molecule has 1 unspecified atom stereocenters. The molecule has 0 saturated heterocycles. The first-order chi connectivity index (χ1) is 9.02. The van der Waals surface area contributed by atoms with Gasteiger partial charge in [0.25, 0.3) is 5.91 Å². The zero-order valence-electron chi connectivity index (χ0n) is 11.3. The van der Waals surface area contributed by atoms with E-state index in [-0.39, 0.29) is 18.3 Å². The molecule has 1 aromatic carbocycles. The van der Waals surface area contributed by atoms with E-state index in [1.54, 1.807) is 19.1 Å². The van der Waals surface area contributed by atoms with Crippen molar-refractivity contribution in [2.45, 2.75) is 32.8 Å². The number of hydrogen-bond donors (Lipinski definition) is 2. The lowest BCUT2D eigenvalue weighted by atomic mass is 10.1. The minimum absolute atomic E-state index is 0.244. The summed E-state index contributed by atoms with van der Waals surface area (Å²) in [5.74, 6) is -0.654. The lowest BCUT2D eigenvalue weighted by molar-refractivity contribution is -0.154. The molecule has 104 valence electrons. The lowest BCUT2D eigenvalue weighted by Gasteiger charge is -2.12. The summed E-state index contributed by atoms with van der Waals surface area (Å²) in [7, 11) is 0. The van der Waals surface area contributed by atoms with Gasteiger partial charge < -0.3 is 15.8 Å². The monoisotopic (exact) mass is 264 g/mol. The number of nitrogen functional groups attached to an aromatic ring is 1. The zero-order valence-corrected chi connectivity index (χ0v) is 11.3. The molecule has 3 N–H and O–H groups in total. The SMILES string of the molecule is CCNC(=O)C(C)OC(=O)CCc1ccc(N)cc1. The van der Waals surface area contributed by atoms with Gasteiger partial charge in [-0.3, -0.25) is 9.59 Å². The predicted molar refractivity (Wildman–Crippen MR) is 73.4 cm³/mol. The van der Waals surface area contributed by atoms with Crippen molar-refractivity contribution in [1.82, 2.24) is 5.32 Å². The minimum Gasteiger partial charge on any atom is -0.453 e. The van der Waals surface area contributed by atoms with Gasteiger partial charge in [0.1, 0.15) is 0 Å². The number of benzene rings is 1. The highest BCUT2D eigenvalue weighted by molar-refractivity contribution is 5.83. The van der Waals surface area contributed by atoms with Crippen molar-refractivity contribution in [2.24, 2.45) is 0 Å². The number of aryl methyl sites for hydroxylation is 1. The molecule has 0 spiro atoms. The summed E-state index contributed by atoms with van der Waals surface area (Å²) >= 11 is 0. The lowest BCUT2D eigenvalue weighted by Crippen LogP contribution is -2.35. The highest BCUT2D eigenvalue weighted by Gasteiger charge is 2.16. The fraction of sp³-hybridized carbons (Fsp3) is 0.429. The molecule has 0 aliphatic carbocycles. The average molecular weight is 264 g/mol. The maximum Gasteiger partial charge on any atom is 0.306 e. The Morgan fingerprint density at radius 2 is 1.95 bits per heavy atom. The Labute approximate surface area is 113 Å². The van der Waals surface area contributed by atoms with Crippen LogP contribution in [-0.4, -0.2) is 24.5 Å². The minimum atomic E-state index is -0.751. The average Bonchev–Trinajstić information content (AvgIpc) is 2.38. The summed E-state index contributed by atoms with van der Waals surface area (Å²) < 4.78 is 5.03. The van der Waals surface area contributed by atoms with Crippen LogP contribution in [0.3, 0.4) is 0 Å². The van der Waals surface area contributed by atoms with E-state index in [1.165, 1.54) is 0 Å². The number of rotatable bonds is 6. The number of ether oxygens (including phenoxy) is 1. The van der Waals surface area contributed by atoms with Gasteiger partial charge in [-0.1, -0.05) is 12.1 Å². The molecule has 1 aromatic rings. The van der Waals surface area contributed by atoms with E-state index in [9.17, 15) is 9.59 Å². The number of nitrogens with two attached hydrogens (primary N) is 1. The van der Waals surface area contributed by atoms with Crippen molar-refractivity contribution in [3.8, 4) is 0 Å². The number of amides is 1. The second-order valence-electron chi connectivity index (χ2n) is 4.27. The number of carbonyl (C=O) groups is 2. The van der Waals surface area contributed by atoms with Crippen molar-refractivity contribution in [1.29, 1.82) is 0 Å². The van der Waals surface area contributed by atoms with Crippen molar-refractivity contribution < 1.29 is 14.3 Å². The molecule has 0 aliphatic heterocycles. The Hall–Kier alpha value is -2.04. The second-order valence-corrected chi connectivity index (χ2v) is 4.27. The molecule has 19 heavy (non-hydrogen) atoms. The first kappa shape index (κ1) is 15.0. The summed E-state index contributed by atoms with van der Waals surface area (Å²) in [5, 5.41) is 2.60. The fourth-order valence-corrected chi connectivity index (χ4v) is 1.56. The van der Waals surface area contributed by atoms with Crippen LogP contribution >= 0.6 is 0 Å². The third-order valence-electron chi connectivity index (χ3n) is 2.63. The van der Waals surface area contributed by atoms with Crippen LogP contribution in [-0.2, 0) is 20.7 Å². The maximum atomic E-state index is 11.6. The fourth-order valence-electron chi connectivity index (χ4n) is 1.56. The Morgan fingerprint density at radius 3 is 2.53 bits per heavy atom. The van der Waals surface area contributed by atoms with E-state index < -0.39 is 6.10 Å². The molecule has 1 rings (SSSR count). The van der Waals surface area contributed by atoms with Crippen molar-refractivity contribution in [3.05, 3.63) is 29.8 Å². The molecular weight excluding hydrogens is 244 g/mol. The highest BCUT2D eigenvalue weighted by atomic mass is 16.5. The van der Waals surface area contributed by atoms with Crippen molar-refractivity contribution >= 4 is 17.6 Å². The van der Waals surface area contributed by atoms with Crippen LogP contribution in [0.5, 0.6) is 0 Å². The molecule has 1 atom stereocenters. The van der Waals surface area contributed by atoms with Gasteiger partial charge in [-0.05, 0) is 38.0 Å². The number of hydrogen-bond acceptors (Lipinski definition) is 4. The largest absolute Gasteiger partial charge is 0.453 e. The van der Waals surface area contributed by atoms with Crippen LogP contribution in [0.15, 0.2) is 24.3 Å². The highest BCUT2D eigenvalue weighted by Crippen LogP contribution is 2.08. The van der Waals surface area contributed by atoms with Gasteiger partial charge in [-0.15, -0.1) is 0 Å². The Bertz CT molecular complexity index is 429. The second kappa shape index (κ2) is 7.41. The third kappa shape index (κ3) is 5.42. The molecule has 0 aromatic heterocycles. The van der Waals surface area contributed by atoms with Crippen molar-refractivity contribution in [3.63, 3.8) is 0 Å². The number of likely N-dealkylation sites (N-methyl/N-ethyl adjacent to an activating group) is 1. The topological polar surface area (TPSA) is 81.4 Å². The van der Waals surface area contributed by atoms with E-state index in [2.05, 4.69) is 5.32 Å². The zero-order chi connectivity index (χ0) is 14.3. The Balaban J connectivity index is 2.35. The van der Waals surface area contributed by atoms with Crippen LogP contribution in [0.25, 0.3) is 0 Å². The van der Waals surface area contributed by atoms with Gasteiger partial charge in [0, 0.05) is 18.7 Å². The summed E-state index contributed by atoms with van der Waals surface area (Å²) in [6.45, 7) is 3.89. The molecule has 1 amide bonds. The molecule has 0 bridgehead atoms. The standard InChI is InChI=1S/C14H20N2O3/c1-3-16-14(18)10(2)19-13(17)9-6-11-4-7-12(15)8-5-11/h4-5,7-8,10H,3,6,9,15H2,1-2H3,(H,16,18). The number of anilines is 1. The predicted octanol–water partition coefficient (Wildman–Crippen LogP) is 1.27. The number of carbonyl (C=O) groups excluding carboxylic acids is 2. The van der Waals surface area contributed by atoms with Crippen LogP contribution in [0.2, 0.25) is 0 Å². The van der Waals surface area contributed by atoms with Gasteiger partial charge in [0.05, 0.1) is 0 Å². The number of esters is 1. The quantitative estimate of drug-likeness (QED) is 0.599. The van der Waals surface area contributed by atoms with Gasteiger partial charge in [-0.25, -0.2) is 0 Å². The first-order valence-corrected chi connectivity index (χ1v) is 6.34. The van der Waals surface area contributed by atoms with Crippen LogP contribution < -0.4 is 11.1 Å². The first-order valence-electron chi connectivity index (χ1n) is 6.34. The summed E-state index contributed by atoms with van der Waals surface area (Å²) in [6, 6.07) is 7.32. The Morgan fingerprint density at radius 1 is 1.32 bits per heavy atom. The van der Waals surface area contributed by atoms with Crippen LogP contribution in [0, 0.1) is 0 Å². The van der Waals surface area contributed by atoms with E-state index in [0.717, 1.165) is 5.56 Å². The molecular formula is C14H20N2O3. The number of nitrogens with one attached hydrogen (secondary N) is 1. The van der Waals surface area contributed by atoms with Crippen LogP contribution in [0.4, 0.5) is 5.69 Å². The molecule has 5 nitrogen and oxygen atoms in total. The summed E-state index contributed by atoms with van der Waals surface area (Å²) in [4.78, 5) is 23.0. The summed E-state index contributed by atoms with van der Waals surface area (Å²) in [6.07, 6.45) is 0.0633. The molecule has 0 heterocycles. The van der Waals surface area contributed by atoms with E-state index >= 15 is 0 Å². The molecule has 0 fully saturated rings. The van der Waals surface area contributed by atoms with Gasteiger partial charge in [-0.2, -0.15) is 0 Å². The molecule has 0 radical (unpaired) electrons. The third-order valence-corrected chi connectivity index (χ3v) is 2.63. The van der Waals surface area contributed by atoms with Crippen LogP contribution in [0.1, 0.15) is 25.8 Å². The van der Waals surface area contributed by atoms with Gasteiger partial charge >= 0.3 is 5.97 Å². The smallest absolute Gasteiger partial charge is 0.306 e. The molecule has 0 saturated carbocycles. The van der Waals surface area contributed by atoms with Crippen molar-refractivity contribution in [2.75, 3.05) is 12.3 Å². The maximum absolute atomic E-state index is 11.6. The van der Waals surface area contributed by atoms with E-state index in [0.29, 0.717) is 18.7 Å². The van der Waals surface area contributed by atoms with Gasteiger partial charge in [0.15, 0.2) is 6.10 Å².